The average molecular weight is 445 g/mol. The van der Waals surface area contributed by atoms with Crippen molar-refractivity contribution in [3.63, 3.8) is 0 Å². The Labute approximate surface area is 189 Å². The van der Waals surface area contributed by atoms with Gasteiger partial charge in [0.1, 0.15) is 5.82 Å². The summed E-state index contributed by atoms with van der Waals surface area (Å²) in [5, 5.41) is 8.07. The molecule has 0 radical (unpaired) electrons. The van der Waals surface area contributed by atoms with Crippen molar-refractivity contribution in [3.05, 3.63) is 53.2 Å². The van der Waals surface area contributed by atoms with Crippen LogP contribution in [0.2, 0.25) is 5.02 Å². The third-order valence-corrected chi connectivity index (χ3v) is 6.68. The molecule has 2 aliphatic heterocycles. The Bertz CT molecular complexity index is 831. The molecule has 2 N–H and O–H groups in total. The summed E-state index contributed by atoms with van der Waals surface area (Å²) >= 11 is 11.7. The van der Waals surface area contributed by atoms with Gasteiger partial charge >= 0.3 is 0 Å². The van der Waals surface area contributed by atoms with Gasteiger partial charge in [0.2, 0.25) is 0 Å². The fraction of sp³-hybridized carbons (Fsp3) is 0.478. The lowest BCUT2D eigenvalue weighted by Crippen LogP contribution is -2.45. The molecule has 2 aromatic rings. The second-order valence-corrected chi connectivity index (χ2v) is 9.00. The second kappa shape index (κ2) is 9.94. The fourth-order valence-corrected chi connectivity index (χ4v) is 4.64. The van der Waals surface area contributed by atoms with Gasteiger partial charge in [0.05, 0.1) is 11.9 Å². The number of benzene rings is 1. The van der Waals surface area contributed by atoms with E-state index >= 15 is 0 Å². The highest BCUT2D eigenvalue weighted by Gasteiger charge is 2.34. The van der Waals surface area contributed by atoms with Crippen molar-refractivity contribution in [2.75, 3.05) is 43.1 Å². The Morgan fingerprint density at radius 1 is 1.07 bits per heavy atom. The van der Waals surface area contributed by atoms with E-state index in [-0.39, 0.29) is 5.41 Å². The maximum Gasteiger partial charge on any atom is 0.170 e. The molecule has 4 rings (SSSR count). The number of aromatic nitrogens is 1. The van der Waals surface area contributed by atoms with E-state index in [9.17, 15) is 0 Å². The first-order chi connectivity index (χ1) is 14.6. The number of rotatable bonds is 5. The van der Waals surface area contributed by atoms with Gasteiger partial charge < -0.3 is 20.3 Å². The smallest absolute Gasteiger partial charge is 0.170 e. The Morgan fingerprint density at radius 2 is 1.80 bits per heavy atom. The molecule has 30 heavy (non-hydrogen) atoms. The molecule has 3 heterocycles. The highest BCUT2D eigenvalue weighted by atomic mass is 35.5. The van der Waals surface area contributed by atoms with E-state index in [0.717, 1.165) is 62.2 Å². The van der Waals surface area contributed by atoms with Crippen molar-refractivity contribution < 1.29 is 4.74 Å². The van der Waals surface area contributed by atoms with Crippen molar-refractivity contribution in [1.82, 2.24) is 10.3 Å². The van der Waals surface area contributed by atoms with Crippen LogP contribution in [0.4, 0.5) is 11.5 Å². The first-order valence-electron chi connectivity index (χ1n) is 10.7. The number of hydrogen-bond donors (Lipinski definition) is 2. The van der Waals surface area contributed by atoms with Crippen LogP contribution in [0.25, 0.3) is 0 Å². The van der Waals surface area contributed by atoms with E-state index in [1.807, 2.05) is 24.4 Å². The molecule has 160 valence electrons. The van der Waals surface area contributed by atoms with Crippen molar-refractivity contribution in [2.45, 2.75) is 37.5 Å². The Kier molecular flexibility index (Phi) is 7.08. The summed E-state index contributed by atoms with van der Waals surface area (Å²) in [6.07, 6.45) is 7.58. The van der Waals surface area contributed by atoms with Crippen LogP contribution in [0.5, 0.6) is 0 Å². The zero-order valence-electron chi connectivity index (χ0n) is 17.2. The average Bonchev–Trinajstić information content (AvgIpc) is 2.80. The Balaban J connectivity index is 1.36. The lowest BCUT2D eigenvalue weighted by Gasteiger charge is -2.38. The highest BCUT2D eigenvalue weighted by Crippen LogP contribution is 2.35. The number of anilines is 2. The maximum absolute atomic E-state index is 6.09. The van der Waals surface area contributed by atoms with E-state index in [1.165, 1.54) is 24.8 Å². The first kappa shape index (κ1) is 21.3. The largest absolute Gasteiger partial charge is 0.381 e. The molecule has 0 unspecified atom stereocenters. The topological polar surface area (TPSA) is 49.4 Å². The molecule has 0 bridgehead atoms. The molecule has 0 spiro atoms. The van der Waals surface area contributed by atoms with Gasteiger partial charge in [-0.3, -0.25) is 0 Å². The summed E-state index contributed by atoms with van der Waals surface area (Å²) in [5.41, 5.74) is 2.17. The molecule has 2 fully saturated rings. The third kappa shape index (κ3) is 5.23. The van der Waals surface area contributed by atoms with Gasteiger partial charge in [-0.2, -0.15) is 0 Å². The van der Waals surface area contributed by atoms with Crippen LogP contribution in [0.3, 0.4) is 0 Å². The monoisotopic (exact) mass is 444 g/mol. The molecular formula is C23H29ClN4OS. The fourth-order valence-electron chi connectivity index (χ4n) is 4.33. The van der Waals surface area contributed by atoms with Crippen LogP contribution in [0.1, 0.15) is 37.7 Å². The first-order valence-corrected chi connectivity index (χ1v) is 11.5. The zero-order valence-corrected chi connectivity index (χ0v) is 18.8. The number of nitrogens with zero attached hydrogens (tertiary/aromatic N) is 2. The number of hydrogen-bond acceptors (Lipinski definition) is 4. The molecule has 2 aliphatic rings. The van der Waals surface area contributed by atoms with Crippen molar-refractivity contribution in [2.24, 2.45) is 0 Å². The van der Waals surface area contributed by atoms with Gasteiger partial charge in [-0.25, -0.2) is 4.98 Å². The van der Waals surface area contributed by atoms with Crippen LogP contribution in [0.15, 0.2) is 42.6 Å². The molecule has 0 atom stereocenters. The third-order valence-electron chi connectivity index (χ3n) is 6.18. The lowest BCUT2D eigenvalue weighted by atomic mass is 9.74. The van der Waals surface area contributed by atoms with Crippen molar-refractivity contribution in [3.8, 4) is 0 Å². The van der Waals surface area contributed by atoms with Crippen LogP contribution in [0, 0.1) is 0 Å². The SMILES string of the molecule is S=C(NCC1(c2ccc(Cl)cc2)CCOCC1)Nc1ccc(N2CCCCC2)nc1. The quantitative estimate of drug-likeness (QED) is 0.648. The highest BCUT2D eigenvalue weighted by molar-refractivity contribution is 7.80. The summed E-state index contributed by atoms with van der Waals surface area (Å²) in [6.45, 7) is 4.45. The normalized spacial score (nSPS) is 18.6. The molecule has 0 aliphatic carbocycles. The van der Waals surface area contributed by atoms with Gasteiger partial charge in [-0.05, 0) is 74.2 Å². The van der Waals surface area contributed by atoms with Gasteiger partial charge in [-0.1, -0.05) is 23.7 Å². The van der Waals surface area contributed by atoms with Gasteiger partial charge in [0.15, 0.2) is 5.11 Å². The van der Waals surface area contributed by atoms with E-state index in [2.05, 4.69) is 38.7 Å². The molecular weight excluding hydrogens is 416 g/mol. The maximum atomic E-state index is 6.09. The van der Waals surface area contributed by atoms with E-state index in [0.29, 0.717) is 5.11 Å². The zero-order chi connectivity index (χ0) is 20.8. The van der Waals surface area contributed by atoms with Crippen LogP contribution >= 0.6 is 23.8 Å². The number of halogens is 1. The molecule has 5 nitrogen and oxygen atoms in total. The predicted octanol–water partition coefficient (Wildman–Crippen LogP) is 4.76. The minimum Gasteiger partial charge on any atom is -0.381 e. The second-order valence-electron chi connectivity index (χ2n) is 8.16. The Hall–Kier alpha value is -1.89. The molecule has 7 heteroatoms. The van der Waals surface area contributed by atoms with Crippen molar-refractivity contribution in [1.29, 1.82) is 0 Å². The van der Waals surface area contributed by atoms with E-state index in [1.54, 1.807) is 0 Å². The van der Waals surface area contributed by atoms with Gasteiger partial charge in [0.25, 0.3) is 0 Å². The van der Waals surface area contributed by atoms with Crippen LogP contribution in [-0.4, -0.2) is 42.9 Å². The van der Waals surface area contributed by atoms with Crippen LogP contribution < -0.4 is 15.5 Å². The summed E-state index contributed by atoms with van der Waals surface area (Å²) < 4.78 is 5.62. The van der Waals surface area contributed by atoms with E-state index in [4.69, 9.17) is 28.6 Å². The number of ether oxygens (including phenoxy) is 1. The lowest BCUT2D eigenvalue weighted by molar-refractivity contribution is 0.0515. The number of piperidine rings is 1. The summed E-state index contributed by atoms with van der Waals surface area (Å²) in [5.74, 6) is 1.04. The molecule has 1 aromatic heterocycles. The Morgan fingerprint density at radius 3 is 2.47 bits per heavy atom. The summed E-state index contributed by atoms with van der Waals surface area (Å²) in [7, 11) is 0. The summed E-state index contributed by atoms with van der Waals surface area (Å²) in [4.78, 5) is 6.97. The molecule has 2 saturated heterocycles. The minimum absolute atomic E-state index is 0.00898. The predicted molar refractivity (Wildman–Crippen MR) is 128 cm³/mol. The minimum atomic E-state index is -0.00898. The van der Waals surface area contributed by atoms with Crippen molar-refractivity contribution >= 4 is 40.4 Å². The summed E-state index contributed by atoms with van der Waals surface area (Å²) in [6, 6.07) is 12.3. The molecule has 1 aromatic carbocycles. The molecule has 0 amide bonds. The molecule has 0 saturated carbocycles. The van der Waals surface area contributed by atoms with Gasteiger partial charge in [-0.15, -0.1) is 0 Å². The number of pyridine rings is 1. The number of nitrogens with one attached hydrogen (secondary N) is 2. The van der Waals surface area contributed by atoms with E-state index < -0.39 is 0 Å². The standard InChI is InChI=1S/C23H29ClN4OS/c24-19-6-4-18(5-7-19)23(10-14-29-15-11-23)17-26-22(30)27-20-8-9-21(25-16-20)28-12-2-1-3-13-28/h4-9,16H,1-3,10-15,17H2,(H2,26,27,30). The van der Waals surface area contributed by atoms with Crippen LogP contribution in [-0.2, 0) is 10.2 Å². The van der Waals surface area contributed by atoms with Gasteiger partial charge in [0, 0.05) is 43.3 Å². The number of thiocarbonyl (C=S) groups is 1.